The van der Waals surface area contributed by atoms with Gasteiger partial charge in [0.15, 0.2) is 0 Å². The van der Waals surface area contributed by atoms with Crippen LogP contribution in [0.15, 0.2) is 0 Å². The Morgan fingerprint density at radius 2 is 2.08 bits per heavy atom. The molecule has 0 amide bonds. The van der Waals surface area contributed by atoms with Crippen molar-refractivity contribution in [3.63, 3.8) is 0 Å². The van der Waals surface area contributed by atoms with Crippen molar-refractivity contribution in [3.05, 3.63) is 0 Å². The highest BCUT2D eigenvalue weighted by molar-refractivity contribution is 4.94. The highest BCUT2D eigenvalue weighted by Gasteiger charge is 2.46. The fourth-order valence-corrected chi connectivity index (χ4v) is 2.01. The Kier molecular flexibility index (Phi) is 1.90. The van der Waals surface area contributed by atoms with Crippen molar-refractivity contribution in [1.29, 1.82) is 0 Å². The molecule has 1 N–H and O–H groups in total. The molecule has 3 nitrogen and oxygen atoms in total. The van der Waals surface area contributed by atoms with Gasteiger partial charge in [-0.25, -0.2) is 0 Å². The normalized spacial score (nSPS) is 40.5. The summed E-state index contributed by atoms with van der Waals surface area (Å²) in [4.78, 5) is 0. The van der Waals surface area contributed by atoms with E-state index < -0.39 is 0 Å². The first-order valence-corrected chi connectivity index (χ1v) is 4.65. The SMILES string of the molecule is CC1(C)CC2(CO1)NCCCO2. The molecule has 2 aliphatic heterocycles. The Morgan fingerprint density at radius 3 is 2.58 bits per heavy atom. The van der Waals surface area contributed by atoms with Crippen LogP contribution in [0.5, 0.6) is 0 Å². The van der Waals surface area contributed by atoms with Crippen molar-refractivity contribution >= 4 is 0 Å². The van der Waals surface area contributed by atoms with Crippen LogP contribution in [-0.2, 0) is 9.47 Å². The molecule has 12 heavy (non-hydrogen) atoms. The van der Waals surface area contributed by atoms with Crippen LogP contribution in [0.3, 0.4) is 0 Å². The van der Waals surface area contributed by atoms with E-state index in [1.54, 1.807) is 0 Å². The van der Waals surface area contributed by atoms with Crippen molar-refractivity contribution in [2.24, 2.45) is 0 Å². The maximum Gasteiger partial charge on any atom is 0.145 e. The molecule has 0 aliphatic carbocycles. The zero-order valence-corrected chi connectivity index (χ0v) is 7.85. The Morgan fingerprint density at radius 1 is 1.25 bits per heavy atom. The van der Waals surface area contributed by atoms with Crippen LogP contribution in [0.2, 0.25) is 0 Å². The Hall–Kier alpha value is -0.120. The Bertz CT molecular complexity index is 173. The van der Waals surface area contributed by atoms with Gasteiger partial charge in [0, 0.05) is 13.0 Å². The van der Waals surface area contributed by atoms with Crippen LogP contribution in [0, 0.1) is 0 Å². The van der Waals surface area contributed by atoms with Crippen LogP contribution in [0.1, 0.15) is 26.7 Å². The zero-order valence-electron chi connectivity index (χ0n) is 7.85. The van der Waals surface area contributed by atoms with E-state index in [9.17, 15) is 0 Å². The Labute approximate surface area is 73.4 Å². The summed E-state index contributed by atoms with van der Waals surface area (Å²) in [6.07, 6.45) is 2.07. The quantitative estimate of drug-likeness (QED) is 0.587. The fourth-order valence-electron chi connectivity index (χ4n) is 2.01. The lowest BCUT2D eigenvalue weighted by Crippen LogP contribution is -2.52. The first-order chi connectivity index (χ1) is 5.62. The molecule has 2 aliphatic rings. The maximum atomic E-state index is 5.73. The summed E-state index contributed by atoms with van der Waals surface area (Å²) in [6.45, 7) is 6.84. The van der Waals surface area contributed by atoms with Gasteiger partial charge in [0.05, 0.1) is 18.8 Å². The van der Waals surface area contributed by atoms with Crippen molar-refractivity contribution < 1.29 is 9.47 Å². The number of hydrogen-bond acceptors (Lipinski definition) is 3. The molecule has 1 unspecified atom stereocenters. The van der Waals surface area contributed by atoms with Crippen molar-refractivity contribution in [3.8, 4) is 0 Å². The van der Waals surface area contributed by atoms with Crippen LogP contribution >= 0.6 is 0 Å². The van der Waals surface area contributed by atoms with Crippen LogP contribution in [0.4, 0.5) is 0 Å². The summed E-state index contributed by atoms with van der Waals surface area (Å²) in [5.74, 6) is 0. The third kappa shape index (κ3) is 1.49. The third-order valence-corrected chi connectivity index (χ3v) is 2.55. The summed E-state index contributed by atoms with van der Waals surface area (Å²) in [7, 11) is 0. The zero-order chi connectivity index (χ0) is 8.66. The lowest BCUT2D eigenvalue weighted by Gasteiger charge is -2.34. The van der Waals surface area contributed by atoms with E-state index in [1.165, 1.54) is 0 Å². The summed E-state index contributed by atoms with van der Waals surface area (Å²) in [5, 5.41) is 3.40. The molecular weight excluding hydrogens is 154 g/mol. The molecule has 0 bridgehead atoms. The van der Waals surface area contributed by atoms with Gasteiger partial charge in [-0.3, -0.25) is 5.32 Å². The molecule has 0 radical (unpaired) electrons. The second kappa shape index (κ2) is 2.69. The highest BCUT2D eigenvalue weighted by Crippen LogP contribution is 2.34. The van der Waals surface area contributed by atoms with E-state index in [-0.39, 0.29) is 11.3 Å². The van der Waals surface area contributed by atoms with Crippen LogP contribution in [-0.4, -0.2) is 31.1 Å². The molecule has 0 aromatic carbocycles. The number of rotatable bonds is 0. The van der Waals surface area contributed by atoms with Gasteiger partial charge < -0.3 is 9.47 Å². The number of hydrogen-bond donors (Lipinski definition) is 1. The van der Waals surface area contributed by atoms with Crippen LogP contribution in [0.25, 0.3) is 0 Å². The minimum absolute atomic E-state index is 0.0235. The Balaban J connectivity index is 2.03. The van der Waals surface area contributed by atoms with E-state index in [2.05, 4.69) is 19.2 Å². The molecule has 3 heteroatoms. The van der Waals surface area contributed by atoms with Gasteiger partial charge in [-0.05, 0) is 20.3 Å². The van der Waals surface area contributed by atoms with E-state index >= 15 is 0 Å². The second-order valence-corrected chi connectivity index (χ2v) is 4.35. The fraction of sp³-hybridized carbons (Fsp3) is 1.00. The van der Waals surface area contributed by atoms with Gasteiger partial charge >= 0.3 is 0 Å². The maximum absolute atomic E-state index is 5.73. The molecule has 2 rings (SSSR count). The van der Waals surface area contributed by atoms with Crippen LogP contribution < -0.4 is 5.32 Å². The summed E-state index contributed by atoms with van der Waals surface area (Å²) in [6, 6.07) is 0. The molecule has 0 saturated carbocycles. The van der Waals surface area contributed by atoms with E-state index in [4.69, 9.17) is 9.47 Å². The van der Waals surface area contributed by atoms with E-state index in [0.717, 1.165) is 26.0 Å². The number of ether oxygens (including phenoxy) is 2. The van der Waals surface area contributed by atoms with Gasteiger partial charge in [0.2, 0.25) is 0 Å². The molecule has 2 fully saturated rings. The molecule has 0 aromatic rings. The molecule has 0 aromatic heterocycles. The predicted molar refractivity (Wildman–Crippen MR) is 46.0 cm³/mol. The van der Waals surface area contributed by atoms with Crippen molar-refractivity contribution in [2.45, 2.75) is 38.0 Å². The summed E-state index contributed by atoms with van der Waals surface area (Å²) >= 11 is 0. The van der Waals surface area contributed by atoms with Gasteiger partial charge in [0.1, 0.15) is 5.72 Å². The average molecular weight is 171 g/mol. The first-order valence-electron chi connectivity index (χ1n) is 4.65. The topological polar surface area (TPSA) is 30.5 Å². The largest absolute Gasteiger partial charge is 0.371 e. The smallest absolute Gasteiger partial charge is 0.145 e. The van der Waals surface area contributed by atoms with Gasteiger partial charge in [-0.2, -0.15) is 0 Å². The number of nitrogens with one attached hydrogen (secondary N) is 1. The van der Waals surface area contributed by atoms with E-state index in [1.807, 2.05) is 0 Å². The molecule has 2 saturated heterocycles. The molecule has 2 heterocycles. The molecule has 1 atom stereocenters. The summed E-state index contributed by atoms with van der Waals surface area (Å²) < 4.78 is 11.4. The van der Waals surface area contributed by atoms with Crippen molar-refractivity contribution in [1.82, 2.24) is 5.32 Å². The lowest BCUT2D eigenvalue weighted by molar-refractivity contribution is -0.0959. The minimum Gasteiger partial charge on any atom is -0.371 e. The van der Waals surface area contributed by atoms with Gasteiger partial charge in [-0.1, -0.05) is 0 Å². The van der Waals surface area contributed by atoms with E-state index in [0.29, 0.717) is 6.61 Å². The minimum atomic E-state index is -0.165. The summed E-state index contributed by atoms with van der Waals surface area (Å²) in [5.41, 5.74) is -0.188. The molecule has 70 valence electrons. The molecule has 1 spiro atoms. The average Bonchev–Trinajstić information content (AvgIpc) is 2.29. The predicted octanol–water partition coefficient (Wildman–Crippen LogP) is 0.891. The highest BCUT2D eigenvalue weighted by atomic mass is 16.6. The monoisotopic (exact) mass is 171 g/mol. The molecular formula is C9H17NO2. The van der Waals surface area contributed by atoms with Gasteiger partial charge in [0.25, 0.3) is 0 Å². The van der Waals surface area contributed by atoms with Gasteiger partial charge in [-0.15, -0.1) is 0 Å². The van der Waals surface area contributed by atoms with Crippen molar-refractivity contribution in [2.75, 3.05) is 19.8 Å². The standard InChI is InChI=1S/C9H17NO2/c1-8(2)6-9(7-12-8)10-4-3-5-11-9/h10H,3-7H2,1-2H3. The lowest BCUT2D eigenvalue weighted by atomic mass is 9.99. The second-order valence-electron chi connectivity index (χ2n) is 4.35. The first kappa shape index (κ1) is 8.48. The third-order valence-electron chi connectivity index (χ3n) is 2.55.